The summed E-state index contributed by atoms with van der Waals surface area (Å²) in [7, 11) is 0. The molecule has 0 fully saturated rings. The second-order valence-corrected chi connectivity index (χ2v) is 9.51. The number of carbonyl (C=O) groups is 1. The van der Waals surface area contributed by atoms with Crippen molar-refractivity contribution in [3.05, 3.63) is 110 Å². The van der Waals surface area contributed by atoms with E-state index in [0.29, 0.717) is 41.1 Å². The first-order valence-corrected chi connectivity index (χ1v) is 12.8. The number of amides is 1. The Balaban J connectivity index is 1.53. The molecule has 1 aliphatic rings. The Morgan fingerprint density at radius 3 is 2.50 bits per heavy atom. The molecule has 5 rings (SSSR count). The molecule has 1 atom stereocenters. The summed E-state index contributed by atoms with van der Waals surface area (Å²) in [6, 6.07) is 22.0. The van der Waals surface area contributed by atoms with E-state index in [1.807, 2.05) is 54.6 Å². The van der Waals surface area contributed by atoms with E-state index in [-0.39, 0.29) is 17.1 Å². The molecule has 0 saturated carbocycles. The van der Waals surface area contributed by atoms with Crippen LogP contribution in [-0.4, -0.2) is 24.0 Å². The number of ether oxygens (including phenoxy) is 1. The van der Waals surface area contributed by atoms with Gasteiger partial charge in [0.15, 0.2) is 5.43 Å². The van der Waals surface area contributed by atoms with Gasteiger partial charge in [-0.25, -0.2) is 0 Å². The van der Waals surface area contributed by atoms with E-state index in [1.54, 1.807) is 23.1 Å². The summed E-state index contributed by atoms with van der Waals surface area (Å²) in [5.74, 6) is 0.597. The predicted octanol–water partition coefficient (Wildman–Crippen LogP) is 6.80. The Morgan fingerprint density at radius 2 is 1.75 bits per heavy atom. The third kappa shape index (κ3) is 4.76. The van der Waals surface area contributed by atoms with Gasteiger partial charge in [-0.2, -0.15) is 0 Å². The van der Waals surface area contributed by atoms with Gasteiger partial charge in [0.25, 0.3) is 5.91 Å². The van der Waals surface area contributed by atoms with Crippen molar-refractivity contribution in [2.75, 3.05) is 13.2 Å². The summed E-state index contributed by atoms with van der Waals surface area (Å²) in [6.45, 7) is 3.27. The fourth-order valence-electron chi connectivity index (χ4n) is 4.75. The van der Waals surface area contributed by atoms with Gasteiger partial charge in [-0.05, 0) is 54.3 Å². The molecule has 1 amide bonds. The van der Waals surface area contributed by atoms with E-state index in [2.05, 4.69) is 6.92 Å². The topological polar surface area (TPSA) is 59.8 Å². The average molecular weight is 502 g/mol. The Hall–Kier alpha value is -3.57. The second kappa shape index (κ2) is 10.6. The van der Waals surface area contributed by atoms with Crippen LogP contribution in [0.5, 0.6) is 5.75 Å². The normalized spacial score (nSPS) is 14.9. The van der Waals surface area contributed by atoms with Crippen LogP contribution in [0.4, 0.5) is 0 Å². The summed E-state index contributed by atoms with van der Waals surface area (Å²) < 4.78 is 11.9. The molecule has 1 aromatic heterocycles. The van der Waals surface area contributed by atoms with Crippen LogP contribution in [0, 0.1) is 0 Å². The highest BCUT2D eigenvalue weighted by molar-refractivity contribution is 6.31. The van der Waals surface area contributed by atoms with Gasteiger partial charge in [-0.3, -0.25) is 9.59 Å². The lowest BCUT2D eigenvalue weighted by molar-refractivity contribution is 0.0730. The first kappa shape index (κ1) is 24.1. The third-order valence-electron chi connectivity index (χ3n) is 6.62. The van der Waals surface area contributed by atoms with Crippen LogP contribution in [0.1, 0.15) is 59.5 Å². The van der Waals surface area contributed by atoms with Crippen molar-refractivity contribution in [3.63, 3.8) is 0 Å². The maximum atomic E-state index is 13.7. The van der Waals surface area contributed by atoms with E-state index in [4.69, 9.17) is 20.8 Å². The van der Waals surface area contributed by atoms with Crippen molar-refractivity contribution in [3.8, 4) is 5.75 Å². The van der Waals surface area contributed by atoms with Crippen LogP contribution in [0.25, 0.3) is 11.0 Å². The monoisotopic (exact) mass is 501 g/mol. The molecule has 0 N–H and O–H groups in total. The molecule has 6 heteroatoms. The zero-order valence-corrected chi connectivity index (χ0v) is 21.0. The summed E-state index contributed by atoms with van der Waals surface area (Å²) in [5, 5.41) is 0.820. The molecule has 3 aromatic carbocycles. The van der Waals surface area contributed by atoms with Gasteiger partial charge in [-0.1, -0.05) is 73.8 Å². The van der Waals surface area contributed by atoms with Crippen molar-refractivity contribution >= 4 is 28.5 Å². The van der Waals surface area contributed by atoms with Crippen LogP contribution in [-0.2, 0) is 6.42 Å². The van der Waals surface area contributed by atoms with Crippen LogP contribution >= 0.6 is 11.6 Å². The van der Waals surface area contributed by atoms with Gasteiger partial charge < -0.3 is 14.1 Å². The smallest absolute Gasteiger partial charge is 0.290 e. The minimum Gasteiger partial charge on any atom is -0.494 e. The molecule has 1 unspecified atom stereocenters. The summed E-state index contributed by atoms with van der Waals surface area (Å²) >= 11 is 6.18. The van der Waals surface area contributed by atoms with E-state index in [9.17, 15) is 9.59 Å². The number of rotatable bonds is 9. The van der Waals surface area contributed by atoms with E-state index >= 15 is 0 Å². The molecular formula is C30H28ClNO4. The second-order valence-electron chi connectivity index (χ2n) is 9.08. The molecule has 2 heterocycles. The lowest BCUT2D eigenvalue weighted by Crippen LogP contribution is -2.31. The van der Waals surface area contributed by atoms with E-state index < -0.39 is 6.04 Å². The Labute approximate surface area is 215 Å². The number of hydrogen-bond acceptors (Lipinski definition) is 4. The lowest BCUT2D eigenvalue weighted by Gasteiger charge is -2.25. The number of nitrogens with zero attached hydrogens (tertiary/aromatic N) is 1. The largest absolute Gasteiger partial charge is 0.494 e. The van der Waals surface area contributed by atoms with Gasteiger partial charge in [0, 0.05) is 11.6 Å². The molecule has 5 nitrogen and oxygen atoms in total. The fourth-order valence-corrected chi connectivity index (χ4v) is 4.92. The number of benzene rings is 3. The third-order valence-corrected chi connectivity index (χ3v) is 6.86. The number of fused-ring (bicyclic) bond motifs is 2. The molecule has 4 aromatic rings. The first-order chi connectivity index (χ1) is 17.6. The van der Waals surface area contributed by atoms with Gasteiger partial charge in [0.05, 0.1) is 23.6 Å². The molecule has 36 heavy (non-hydrogen) atoms. The molecular weight excluding hydrogens is 474 g/mol. The van der Waals surface area contributed by atoms with Gasteiger partial charge >= 0.3 is 0 Å². The number of carbonyl (C=O) groups excluding carboxylic acids is 1. The van der Waals surface area contributed by atoms with Crippen LogP contribution in [0.2, 0.25) is 5.02 Å². The fraction of sp³-hybridized carbons (Fsp3) is 0.267. The van der Waals surface area contributed by atoms with Crippen molar-refractivity contribution in [2.24, 2.45) is 0 Å². The molecule has 184 valence electrons. The maximum Gasteiger partial charge on any atom is 0.290 e. The summed E-state index contributed by atoms with van der Waals surface area (Å²) in [6.07, 6.45) is 3.93. The minimum atomic E-state index is -0.551. The Kier molecular flexibility index (Phi) is 7.10. The molecule has 0 spiro atoms. The first-order valence-electron chi connectivity index (χ1n) is 12.4. The standard InChI is InChI=1S/C30H28ClNO4/c1-2-3-7-18-35-23-13-10-21(11-14-23)27-26-28(33)24-19-22(31)12-15-25(24)36-29(26)30(34)32(27)17-16-20-8-5-4-6-9-20/h4-6,8-15,19,27H,2-3,7,16-18H2,1H3. The Bertz CT molecular complexity index is 1430. The van der Waals surface area contributed by atoms with Gasteiger partial charge in [-0.15, -0.1) is 0 Å². The average Bonchev–Trinajstić information content (AvgIpc) is 3.18. The quantitative estimate of drug-likeness (QED) is 0.236. The van der Waals surface area contributed by atoms with Crippen LogP contribution in [0.15, 0.2) is 82.0 Å². The Morgan fingerprint density at radius 1 is 0.972 bits per heavy atom. The highest BCUT2D eigenvalue weighted by Crippen LogP contribution is 2.39. The zero-order valence-electron chi connectivity index (χ0n) is 20.2. The molecule has 0 radical (unpaired) electrons. The zero-order chi connectivity index (χ0) is 25.1. The van der Waals surface area contributed by atoms with Crippen molar-refractivity contribution in [1.29, 1.82) is 0 Å². The molecule has 0 bridgehead atoms. The number of unbranched alkanes of at least 4 members (excludes halogenated alkanes) is 2. The number of hydrogen-bond donors (Lipinski definition) is 0. The molecule has 0 saturated heterocycles. The van der Waals surface area contributed by atoms with Crippen molar-refractivity contribution < 1.29 is 13.9 Å². The molecule has 0 aliphatic carbocycles. The lowest BCUT2D eigenvalue weighted by atomic mass is 9.98. The number of halogens is 1. The highest BCUT2D eigenvalue weighted by Gasteiger charge is 2.42. The summed E-state index contributed by atoms with van der Waals surface area (Å²) in [4.78, 5) is 29.0. The van der Waals surface area contributed by atoms with Crippen molar-refractivity contribution in [2.45, 2.75) is 38.6 Å². The van der Waals surface area contributed by atoms with E-state index in [1.165, 1.54) is 0 Å². The van der Waals surface area contributed by atoms with Crippen molar-refractivity contribution in [1.82, 2.24) is 4.90 Å². The van der Waals surface area contributed by atoms with E-state index in [0.717, 1.165) is 36.1 Å². The van der Waals surface area contributed by atoms with Crippen LogP contribution < -0.4 is 10.2 Å². The minimum absolute atomic E-state index is 0.104. The van der Waals surface area contributed by atoms with Gasteiger partial charge in [0.2, 0.25) is 5.76 Å². The molecule has 1 aliphatic heterocycles. The predicted molar refractivity (Wildman–Crippen MR) is 142 cm³/mol. The highest BCUT2D eigenvalue weighted by atomic mass is 35.5. The summed E-state index contributed by atoms with van der Waals surface area (Å²) in [5.41, 5.74) is 2.45. The van der Waals surface area contributed by atoms with Gasteiger partial charge in [0.1, 0.15) is 11.3 Å². The van der Waals surface area contributed by atoms with Crippen LogP contribution in [0.3, 0.4) is 0 Å². The SMILES string of the molecule is CCCCCOc1ccc(C2c3c(oc4ccc(Cl)cc4c3=O)C(=O)N2CCc2ccccc2)cc1. The maximum absolute atomic E-state index is 13.7.